The minimum Gasteiger partial charge on any atom is -0.303 e. The topological polar surface area (TPSA) is 17.1 Å². The minimum absolute atomic E-state index is 0.759. The van der Waals surface area contributed by atoms with E-state index in [1.54, 1.807) is 0 Å². The molecule has 0 saturated carbocycles. The van der Waals surface area contributed by atoms with E-state index >= 15 is 0 Å². The Hall–Kier alpha value is -0.330. The first-order valence-corrected chi connectivity index (χ1v) is 7.21. The number of unbranched alkanes of at least 4 members (excludes halogenated alkanes) is 9. The van der Waals surface area contributed by atoms with Crippen molar-refractivity contribution in [3.8, 4) is 0 Å². The highest BCUT2D eigenvalue weighted by molar-refractivity contribution is 5.48. The van der Waals surface area contributed by atoms with Crippen LogP contribution in [0.25, 0.3) is 0 Å². The predicted octanol–water partition coefficient (Wildman–Crippen LogP) is 5.13. The fourth-order valence-electron chi connectivity index (χ4n) is 2.02. The number of aldehydes is 1. The van der Waals surface area contributed by atoms with E-state index < -0.39 is 0 Å². The fourth-order valence-corrected chi connectivity index (χ4v) is 2.02. The van der Waals surface area contributed by atoms with Gasteiger partial charge in [0.15, 0.2) is 0 Å². The molecule has 0 amide bonds. The van der Waals surface area contributed by atoms with Crippen molar-refractivity contribution in [1.82, 2.24) is 0 Å². The molecule has 0 aromatic carbocycles. The van der Waals surface area contributed by atoms with Crippen molar-refractivity contribution in [2.45, 2.75) is 84.5 Å². The second kappa shape index (κ2) is 12.7. The maximum atomic E-state index is 10.1. The van der Waals surface area contributed by atoms with Crippen molar-refractivity contribution in [3.63, 3.8) is 0 Å². The molecular formula is C15H30O. The highest BCUT2D eigenvalue weighted by atomic mass is 16.1. The van der Waals surface area contributed by atoms with Crippen LogP contribution in [-0.4, -0.2) is 6.29 Å². The highest BCUT2D eigenvalue weighted by Crippen LogP contribution is 2.13. The van der Waals surface area contributed by atoms with Gasteiger partial charge in [-0.05, 0) is 12.3 Å². The fraction of sp³-hybridized carbons (Fsp3) is 0.933. The molecule has 0 N–H and O–H groups in total. The van der Waals surface area contributed by atoms with Crippen LogP contribution in [0, 0.1) is 5.92 Å². The molecule has 0 atom stereocenters. The Kier molecular flexibility index (Phi) is 12.5. The molecule has 0 aromatic rings. The van der Waals surface area contributed by atoms with E-state index in [0.29, 0.717) is 0 Å². The van der Waals surface area contributed by atoms with E-state index in [4.69, 9.17) is 0 Å². The number of carbonyl (C=O) groups excluding carboxylic acids is 1. The monoisotopic (exact) mass is 226 g/mol. The number of carbonyl (C=O) groups is 1. The van der Waals surface area contributed by atoms with E-state index in [9.17, 15) is 4.79 Å². The van der Waals surface area contributed by atoms with Crippen LogP contribution in [0.5, 0.6) is 0 Å². The van der Waals surface area contributed by atoms with Gasteiger partial charge in [0, 0.05) is 6.42 Å². The predicted molar refractivity (Wildman–Crippen MR) is 71.7 cm³/mol. The summed E-state index contributed by atoms with van der Waals surface area (Å²) in [6, 6.07) is 0. The Labute approximate surface area is 102 Å². The number of hydrogen-bond donors (Lipinski definition) is 0. The lowest BCUT2D eigenvalue weighted by molar-refractivity contribution is -0.107. The SMILES string of the molecule is CC(C)CCCCCCCCCCCC=O. The van der Waals surface area contributed by atoms with Gasteiger partial charge in [0.25, 0.3) is 0 Å². The van der Waals surface area contributed by atoms with Crippen LogP contribution in [0.4, 0.5) is 0 Å². The standard InChI is InChI=1S/C15H30O/c1-15(2)13-11-9-7-5-3-4-6-8-10-12-14-16/h14-15H,3-13H2,1-2H3. The Balaban J connectivity index is 2.90. The summed E-state index contributed by atoms with van der Waals surface area (Å²) < 4.78 is 0. The maximum absolute atomic E-state index is 10.1. The van der Waals surface area contributed by atoms with Gasteiger partial charge in [-0.1, -0.05) is 71.6 Å². The second-order valence-corrected chi connectivity index (χ2v) is 5.32. The molecule has 1 heteroatoms. The van der Waals surface area contributed by atoms with Gasteiger partial charge in [-0.25, -0.2) is 0 Å². The Morgan fingerprint density at radius 3 is 1.62 bits per heavy atom. The summed E-state index contributed by atoms with van der Waals surface area (Å²) >= 11 is 0. The zero-order chi connectivity index (χ0) is 12.1. The van der Waals surface area contributed by atoms with E-state index in [1.165, 1.54) is 57.8 Å². The van der Waals surface area contributed by atoms with E-state index in [0.717, 1.165) is 25.0 Å². The summed E-state index contributed by atoms with van der Waals surface area (Å²) in [5, 5.41) is 0. The van der Waals surface area contributed by atoms with Crippen LogP contribution >= 0.6 is 0 Å². The van der Waals surface area contributed by atoms with E-state index in [1.807, 2.05) is 0 Å². The first-order valence-electron chi connectivity index (χ1n) is 7.21. The van der Waals surface area contributed by atoms with Crippen LogP contribution in [0.15, 0.2) is 0 Å². The molecule has 0 heterocycles. The van der Waals surface area contributed by atoms with Crippen LogP contribution in [0.2, 0.25) is 0 Å². The van der Waals surface area contributed by atoms with Gasteiger partial charge >= 0.3 is 0 Å². The molecule has 0 aliphatic heterocycles. The third kappa shape index (κ3) is 13.7. The van der Waals surface area contributed by atoms with Crippen molar-refractivity contribution < 1.29 is 4.79 Å². The molecule has 0 aliphatic carbocycles. The molecule has 0 aromatic heterocycles. The summed E-state index contributed by atoms with van der Waals surface area (Å²) in [6.07, 6.45) is 15.3. The molecule has 0 unspecified atom stereocenters. The van der Waals surface area contributed by atoms with E-state index in [2.05, 4.69) is 13.8 Å². The van der Waals surface area contributed by atoms with Gasteiger partial charge in [0.2, 0.25) is 0 Å². The molecule has 0 bridgehead atoms. The van der Waals surface area contributed by atoms with Gasteiger partial charge in [0.1, 0.15) is 6.29 Å². The molecule has 0 spiro atoms. The molecule has 0 rings (SSSR count). The van der Waals surface area contributed by atoms with Crippen molar-refractivity contribution in [1.29, 1.82) is 0 Å². The van der Waals surface area contributed by atoms with Crippen molar-refractivity contribution in [2.24, 2.45) is 5.92 Å². The van der Waals surface area contributed by atoms with Gasteiger partial charge in [-0.3, -0.25) is 0 Å². The van der Waals surface area contributed by atoms with E-state index in [-0.39, 0.29) is 0 Å². The zero-order valence-electron chi connectivity index (χ0n) is 11.3. The van der Waals surface area contributed by atoms with Crippen molar-refractivity contribution >= 4 is 6.29 Å². The zero-order valence-corrected chi connectivity index (χ0v) is 11.3. The van der Waals surface area contributed by atoms with Crippen molar-refractivity contribution in [2.75, 3.05) is 0 Å². The lowest BCUT2D eigenvalue weighted by Crippen LogP contribution is -1.87. The third-order valence-electron chi connectivity index (χ3n) is 3.10. The average molecular weight is 226 g/mol. The summed E-state index contributed by atoms with van der Waals surface area (Å²) in [6.45, 7) is 4.61. The average Bonchev–Trinajstić information content (AvgIpc) is 2.25. The first-order chi connectivity index (χ1) is 7.77. The Morgan fingerprint density at radius 2 is 1.19 bits per heavy atom. The van der Waals surface area contributed by atoms with Gasteiger partial charge in [0.05, 0.1) is 0 Å². The molecule has 0 radical (unpaired) electrons. The number of hydrogen-bond acceptors (Lipinski definition) is 1. The molecule has 1 nitrogen and oxygen atoms in total. The van der Waals surface area contributed by atoms with Gasteiger partial charge in [-0.15, -0.1) is 0 Å². The minimum atomic E-state index is 0.759. The lowest BCUT2D eigenvalue weighted by atomic mass is 10.0. The van der Waals surface area contributed by atoms with Crippen LogP contribution in [-0.2, 0) is 4.79 Å². The molecular weight excluding hydrogens is 196 g/mol. The molecule has 16 heavy (non-hydrogen) atoms. The first kappa shape index (κ1) is 15.7. The summed E-state index contributed by atoms with van der Waals surface area (Å²) in [5.41, 5.74) is 0. The van der Waals surface area contributed by atoms with Gasteiger partial charge in [-0.2, -0.15) is 0 Å². The van der Waals surface area contributed by atoms with Crippen molar-refractivity contribution in [3.05, 3.63) is 0 Å². The molecule has 96 valence electrons. The summed E-state index contributed by atoms with van der Waals surface area (Å²) in [7, 11) is 0. The largest absolute Gasteiger partial charge is 0.303 e. The van der Waals surface area contributed by atoms with Crippen LogP contribution in [0.3, 0.4) is 0 Å². The van der Waals surface area contributed by atoms with Crippen LogP contribution in [0.1, 0.15) is 84.5 Å². The smallest absolute Gasteiger partial charge is 0.119 e. The van der Waals surface area contributed by atoms with Gasteiger partial charge < -0.3 is 4.79 Å². The maximum Gasteiger partial charge on any atom is 0.119 e. The quantitative estimate of drug-likeness (QED) is 0.333. The van der Waals surface area contributed by atoms with Crippen LogP contribution < -0.4 is 0 Å². The second-order valence-electron chi connectivity index (χ2n) is 5.32. The highest BCUT2D eigenvalue weighted by Gasteiger charge is 1.95. The lowest BCUT2D eigenvalue weighted by Gasteiger charge is -2.04. The Morgan fingerprint density at radius 1 is 0.750 bits per heavy atom. The normalized spacial score (nSPS) is 10.9. The third-order valence-corrected chi connectivity index (χ3v) is 3.10. The summed E-state index contributed by atoms with van der Waals surface area (Å²) in [5.74, 6) is 0.873. The molecule has 0 aliphatic rings. The Bertz CT molecular complexity index is 140. The molecule has 0 fully saturated rings. The number of rotatable bonds is 12. The summed E-state index contributed by atoms with van der Waals surface area (Å²) in [4.78, 5) is 10.1. The molecule has 0 saturated heterocycles.